The van der Waals surface area contributed by atoms with E-state index in [9.17, 15) is 9.59 Å². The van der Waals surface area contributed by atoms with Crippen LogP contribution in [0.15, 0.2) is 24.3 Å². The third kappa shape index (κ3) is 4.40. The highest BCUT2D eigenvalue weighted by Crippen LogP contribution is 2.16. The Morgan fingerprint density at radius 1 is 1.25 bits per heavy atom. The molecule has 110 valence electrons. The van der Waals surface area contributed by atoms with Crippen molar-refractivity contribution in [1.82, 2.24) is 10.6 Å². The number of rotatable bonds is 3. The SMILES string of the molecule is CNC(=O)Nc1cccc(NC(=O)C2CCCN2)c1.Cl. The summed E-state index contributed by atoms with van der Waals surface area (Å²) in [5.41, 5.74) is 1.31. The van der Waals surface area contributed by atoms with Crippen molar-refractivity contribution in [2.75, 3.05) is 24.2 Å². The van der Waals surface area contributed by atoms with Gasteiger partial charge in [-0.3, -0.25) is 4.79 Å². The molecule has 0 aromatic heterocycles. The Bertz CT molecular complexity index is 475. The summed E-state index contributed by atoms with van der Waals surface area (Å²) in [4.78, 5) is 23.1. The first-order chi connectivity index (χ1) is 9.19. The molecular formula is C13H19ClN4O2. The van der Waals surface area contributed by atoms with Crippen LogP contribution in [-0.2, 0) is 4.79 Å². The number of urea groups is 1. The summed E-state index contributed by atoms with van der Waals surface area (Å²) >= 11 is 0. The number of halogens is 1. The van der Waals surface area contributed by atoms with Gasteiger partial charge in [-0.15, -0.1) is 12.4 Å². The summed E-state index contributed by atoms with van der Waals surface area (Å²) in [6.45, 7) is 0.885. The summed E-state index contributed by atoms with van der Waals surface area (Å²) in [6.07, 6.45) is 1.89. The molecule has 3 amide bonds. The van der Waals surface area contributed by atoms with Crippen LogP contribution in [0.5, 0.6) is 0 Å². The number of carbonyl (C=O) groups is 2. The minimum atomic E-state index is -0.291. The Balaban J connectivity index is 0.00000200. The molecule has 7 heteroatoms. The van der Waals surface area contributed by atoms with Crippen LogP contribution in [0.2, 0.25) is 0 Å². The largest absolute Gasteiger partial charge is 0.341 e. The lowest BCUT2D eigenvalue weighted by atomic mass is 10.2. The van der Waals surface area contributed by atoms with Gasteiger partial charge >= 0.3 is 6.03 Å². The van der Waals surface area contributed by atoms with Crippen molar-refractivity contribution in [1.29, 1.82) is 0 Å². The van der Waals surface area contributed by atoms with E-state index < -0.39 is 0 Å². The van der Waals surface area contributed by atoms with Crippen molar-refractivity contribution in [2.45, 2.75) is 18.9 Å². The van der Waals surface area contributed by atoms with Gasteiger partial charge in [-0.25, -0.2) is 4.79 Å². The van der Waals surface area contributed by atoms with Crippen LogP contribution in [0.1, 0.15) is 12.8 Å². The van der Waals surface area contributed by atoms with Gasteiger partial charge in [0.15, 0.2) is 0 Å². The molecule has 1 atom stereocenters. The van der Waals surface area contributed by atoms with E-state index in [-0.39, 0.29) is 30.4 Å². The fraction of sp³-hybridized carbons (Fsp3) is 0.385. The Morgan fingerprint density at radius 3 is 2.55 bits per heavy atom. The van der Waals surface area contributed by atoms with Gasteiger partial charge in [0.05, 0.1) is 6.04 Å². The Hall–Kier alpha value is -1.79. The third-order valence-corrected chi connectivity index (χ3v) is 2.99. The van der Waals surface area contributed by atoms with Gasteiger partial charge in [-0.05, 0) is 37.6 Å². The normalized spacial score (nSPS) is 16.9. The predicted molar refractivity (Wildman–Crippen MR) is 81.4 cm³/mol. The summed E-state index contributed by atoms with van der Waals surface area (Å²) in [5, 5.41) is 11.1. The van der Waals surface area contributed by atoms with Crippen molar-refractivity contribution in [3.63, 3.8) is 0 Å². The molecule has 6 nitrogen and oxygen atoms in total. The standard InChI is InChI=1S/C13H18N4O2.ClH/c1-14-13(19)17-10-5-2-4-9(8-10)16-12(18)11-6-3-7-15-11;/h2,4-5,8,11,15H,3,6-7H2,1H3,(H,16,18)(H2,14,17,19);1H. The number of nitrogens with one attached hydrogen (secondary N) is 4. The van der Waals surface area contributed by atoms with Gasteiger partial charge in [-0.2, -0.15) is 0 Å². The molecule has 0 spiro atoms. The minimum Gasteiger partial charge on any atom is -0.341 e. The van der Waals surface area contributed by atoms with Crippen molar-refractivity contribution in [2.24, 2.45) is 0 Å². The third-order valence-electron chi connectivity index (χ3n) is 2.99. The summed E-state index contributed by atoms with van der Waals surface area (Å²) in [7, 11) is 1.55. The fourth-order valence-electron chi connectivity index (χ4n) is 2.01. The second kappa shape index (κ2) is 7.72. The monoisotopic (exact) mass is 298 g/mol. The topological polar surface area (TPSA) is 82.3 Å². The zero-order valence-corrected chi connectivity index (χ0v) is 12.0. The molecule has 0 bridgehead atoms. The molecule has 20 heavy (non-hydrogen) atoms. The first-order valence-electron chi connectivity index (χ1n) is 6.32. The van der Waals surface area contributed by atoms with E-state index in [1.54, 1.807) is 31.3 Å². The van der Waals surface area contributed by atoms with E-state index in [1.165, 1.54) is 0 Å². The lowest BCUT2D eigenvalue weighted by Crippen LogP contribution is -2.35. The molecule has 0 radical (unpaired) electrons. The van der Waals surface area contributed by atoms with Crippen molar-refractivity contribution in [3.05, 3.63) is 24.3 Å². The summed E-state index contributed by atoms with van der Waals surface area (Å²) in [6, 6.07) is 6.66. The maximum absolute atomic E-state index is 11.9. The molecule has 1 aliphatic heterocycles. The highest BCUT2D eigenvalue weighted by Gasteiger charge is 2.21. The van der Waals surface area contributed by atoms with Gasteiger partial charge in [0.1, 0.15) is 0 Å². The Kier molecular flexibility index (Phi) is 6.27. The first kappa shape index (κ1) is 16.3. The molecule has 1 fully saturated rings. The van der Waals surface area contributed by atoms with Crippen LogP contribution >= 0.6 is 12.4 Å². The highest BCUT2D eigenvalue weighted by molar-refractivity contribution is 5.96. The van der Waals surface area contributed by atoms with E-state index in [0.29, 0.717) is 11.4 Å². The van der Waals surface area contributed by atoms with Crippen LogP contribution < -0.4 is 21.3 Å². The maximum Gasteiger partial charge on any atom is 0.318 e. The molecule has 0 aliphatic carbocycles. The molecule has 4 N–H and O–H groups in total. The molecule has 2 rings (SSSR count). The number of hydrogen-bond acceptors (Lipinski definition) is 3. The summed E-state index contributed by atoms with van der Waals surface area (Å²) < 4.78 is 0. The number of carbonyl (C=O) groups excluding carboxylic acids is 2. The smallest absolute Gasteiger partial charge is 0.318 e. The van der Waals surface area contributed by atoms with E-state index in [4.69, 9.17) is 0 Å². The predicted octanol–water partition coefficient (Wildman–Crippen LogP) is 1.55. The average Bonchev–Trinajstić information content (AvgIpc) is 2.93. The van der Waals surface area contributed by atoms with E-state index >= 15 is 0 Å². The van der Waals surface area contributed by atoms with E-state index in [2.05, 4.69) is 21.3 Å². The highest BCUT2D eigenvalue weighted by atomic mass is 35.5. The Morgan fingerprint density at radius 2 is 1.95 bits per heavy atom. The second-order valence-corrected chi connectivity index (χ2v) is 4.42. The van der Waals surface area contributed by atoms with Gasteiger partial charge in [0.2, 0.25) is 5.91 Å². The first-order valence-corrected chi connectivity index (χ1v) is 6.32. The van der Waals surface area contributed by atoms with Gasteiger partial charge < -0.3 is 21.3 Å². The van der Waals surface area contributed by atoms with Crippen LogP contribution in [-0.4, -0.2) is 31.6 Å². The lowest BCUT2D eigenvalue weighted by molar-refractivity contribution is -0.117. The van der Waals surface area contributed by atoms with Gasteiger partial charge in [-0.1, -0.05) is 6.07 Å². The van der Waals surface area contributed by atoms with Crippen molar-refractivity contribution in [3.8, 4) is 0 Å². The zero-order valence-electron chi connectivity index (χ0n) is 11.2. The lowest BCUT2D eigenvalue weighted by Gasteiger charge is -2.12. The van der Waals surface area contributed by atoms with E-state index in [1.807, 2.05) is 0 Å². The molecule has 1 heterocycles. The molecule has 0 saturated carbocycles. The number of benzene rings is 1. The van der Waals surface area contributed by atoms with Gasteiger partial charge in [0, 0.05) is 18.4 Å². The molecule has 1 aromatic rings. The van der Waals surface area contributed by atoms with Crippen molar-refractivity contribution < 1.29 is 9.59 Å². The quantitative estimate of drug-likeness (QED) is 0.683. The van der Waals surface area contributed by atoms with Crippen LogP contribution in [0.25, 0.3) is 0 Å². The van der Waals surface area contributed by atoms with Crippen LogP contribution in [0, 0.1) is 0 Å². The number of anilines is 2. The molecule has 1 aromatic carbocycles. The maximum atomic E-state index is 11.9. The zero-order chi connectivity index (χ0) is 13.7. The van der Waals surface area contributed by atoms with Crippen molar-refractivity contribution >= 4 is 35.7 Å². The molecular weight excluding hydrogens is 280 g/mol. The van der Waals surface area contributed by atoms with Crippen LogP contribution in [0.3, 0.4) is 0 Å². The average molecular weight is 299 g/mol. The molecule has 1 unspecified atom stereocenters. The van der Waals surface area contributed by atoms with E-state index in [0.717, 1.165) is 19.4 Å². The Labute approximate surface area is 124 Å². The summed E-state index contributed by atoms with van der Waals surface area (Å²) in [5.74, 6) is -0.0328. The molecule has 1 aliphatic rings. The minimum absolute atomic E-state index is 0. The van der Waals surface area contributed by atoms with Gasteiger partial charge in [0.25, 0.3) is 0 Å². The van der Waals surface area contributed by atoms with Crippen LogP contribution in [0.4, 0.5) is 16.2 Å². The number of amides is 3. The second-order valence-electron chi connectivity index (χ2n) is 4.42. The number of hydrogen-bond donors (Lipinski definition) is 4. The fourth-order valence-corrected chi connectivity index (χ4v) is 2.01. The molecule has 1 saturated heterocycles.